The van der Waals surface area contributed by atoms with Gasteiger partial charge in [-0.1, -0.05) is 66.7 Å². The Morgan fingerprint density at radius 3 is 1.78 bits per heavy atom. The second kappa shape index (κ2) is 16.7. The molecule has 0 aliphatic heterocycles. The van der Waals surface area contributed by atoms with Gasteiger partial charge in [-0.3, -0.25) is 14.4 Å². The van der Waals surface area contributed by atoms with E-state index in [0.717, 1.165) is 10.5 Å². The normalized spacial score (nSPS) is 11.5. The molecular formula is C39H35N3O6S. The van der Waals surface area contributed by atoms with Gasteiger partial charge >= 0.3 is 0 Å². The lowest BCUT2D eigenvalue weighted by Crippen LogP contribution is -2.30. The van der Waals surface area contributed by atoms with E-state index < -0.39 is 17.1 Å². The Kier molecular flexibility index (Phi) is 11.7. The van der Waals surface area contributed by atoms with Crippen molar-refractivity contribution in [1.82, 2.24) is 5.32 Å². The minimum atomic E-state index is -0.553. The first kappa shape index (κ1) is 34.3. The number of nitrogens with one attached hydrogen (secondary N) is 3. The Hall–Kier alpha value is -6.00. The van der Waals surface area contributed by atoms with Gasteiger partial charge in [-0.25, -0.2) is 0 Å². The molecule has 1 atom stereocenters. The zero-order chi connectivity index (χ0) is 34.6. The van der Waals surface area contributed by atoms with Crippen LogP contribution >= 0.6 is 11.8 Å². The number of para-hydroxylation sites is 1. The van der Waals surface area contributed by atoms with Gasteiger partial charge < -0.3 is 30.2 Å². The molecule has 3 N–H and O–H groups in total. The van der Waals surface area contributed by atoms with Crippen molar-refractivity contribution >= 4 is 46.9 Å². The molecule has 1 unspecified atom stereocenters. The number of rotatable bonds is 13. The highest BCUT2D eigenvalue weighted by molar-refractivity contribution is 8.00. The second-order valence-electron chi connectivity index (χ2n) is 10.6. The topological polar surface area (TPSA) is 115 Å². The first-order valence-corrected chi connectivity index (χ1v) is 16.1. The zero-order valence-corrected chi connectivity index (χ0v) is 28.0. The van der Waals surface area contributed by atoms with E-state index in [-0.39, 0.29) is 11.6 Å². The number of hydrogen-bond donors (Lipinski definition) is 3. The van der Waals surface area contributed by atoms with E-state index in [9.17, 15) is 14.4 Å². The number of carbonyl (C=O) groups is 3. The van der Waals surface area contributed by atoms with Crippen molar-refractivity contribution in [2.45, 2.75) is 10.1 Å². The summed E-state index contributed by atoms with van der Waals surface area (Å²) in [5, 5.41) is 8.08. The van der Waals surface area contributed by atoms with Crippen LogP contribution in [0, 0.1) is 0 Å². The zero-order valence-electron chi connectivity index (χ0n) is 27.1. The van der Waals surface area contributed by atoms with E-state index in [1.165, 1.54) is 39.2 Å². The quantitative estimate of drug-likeness (QED) is 0.0872. The van der Waals surface area contributed by atoms with Crippen molar-refractivity contribution in [2.75, 3.05) is 32.0 Å². The van der Waals surface area contributed by atoms with Gasteiger partial charge in [-0.05, 0) is 77.9 Å². The van der Waals surface area contributed by atoms with E-state index in [0.29, 0.717) is 39.8 Å². The lowest BCUT2D eigenvalue weighted by Gasteiger charge is -2.17. The molecule has 0 radical (unpaired) electrons. The van der Waals surface area contributed by atoms with Gasteiger partial charge in [0.2, 0.25) is 11.7 Å². The highest BCUT2D eigenvalue weighted by Crippen LogP contribution is 2.39. The Bertz CT molecular complexity index is 1890. The Morgan fingerprint density at radius 1 is 0.653 bits per heavy atom. The number of carbonyl (C=O) groups excluding carboxylic acids is 3. The molecule has 5 aromatic rings. The van der Waals surface area contributed by atoms with Crippen molar-refractivity contribution in [3.63, 3.8) is 0 Å². The Morgan fingerprint density at radius 2 is 1.20 bits per heavy atom. The van der Waals surface area contributed by atoms with Crippen LogP contribution in [0.1, 0.15) is 26.7 Å². The number of ether oxygens (including phenoxy) is 3. The number of anilines is 2. The molecule has 0 bridgehead atoms. The van der Waals surface area contributed by atoms with Gasteiger partial charge in [-0.15, -0.1) is 11.8 Å². The number of thioether (sulfide) groups is 1. The number of hydrogen-bond acceptors (Lipinski definition) is 7. The van der Waals surface area contributed by atoms with Gasteiger partial charge in [-0.2, -0.15) is 0 Å². The monoisotopic (exact) mass is 673 g/mol. The minimum absolute atomic E-state index is 0.0108. The standard InChI is InChI=1S/C39H35N3O6S/c1-46-33-24-26(25-34(47-2)35(33)48-3)23-32(42-37(43)28-15-9-5-10-16-28)38(44)40-30-19-21-31(22-20-30)49-36(27-13-7-4-8-14-27)39(45)41-29-17-11-6-12-18-29/h4-25,36H,1-3H3,(H,40,44)(H,41,45)(H,42,43)/b32-23-. The maximum absolute atomic E-state index is 13.7. The third-order valence-corrected chi connectivity index (χ3v) is 8.54. The Labute approximate surface area is 289 Å². The molecule has 0 saturated heterocycles. The van der Waals surface area contributed by atoms with Crippen LogP contribution in [0.4, 0.5) is 11.4 Å². The number of amides is 3. The van der Waals surface area contributed by atoms with Crippen LogP contribution in [-0.2, 0) is 9.59 Å². The van der Waals surface area contributed by atoms with Crippen molar-refractivity contribution < 1.29 is 28.6 Å². The SMILES string of the molecule is COc1cc(/C=C(\NC(=O)c2ccccc2)C(=O)Nc2ccc(SC(C(=O)Nc3ccccc3)c3ccccc3)cc2)cc(OC)c1OC. The number of benzene rings is 5. The molecule has 0 heterocycles. The minimum Gasteiger partial charge on any atom is -0.493 e. The van der Waals surface area contributed by atoms with Crippen molar-refractivity contribution in [2.24, 2.45) is 0 Å². The van der Waals surface area contributed by atoms with Crippen LogP contribution in [0.15, 0.2) is 138 Å². The third-order valence-electron chi connectivity index (χ3n) is 7.27. The molecule has 5 rings (SSSR count). The summed E-state index contributed by atoms with van der Waals surface area (Å²) in [5.41, 5.74) is 2.96. The first-order valence-electron chi connectivity index (χ1n) is 15.3. The summed E-state index contributed by atoms with van der Waals surface area (Å²) in [6.45, 7) is 0. The average molecular weight is 674 g/mol. The lowest BCUT2D eigenvalue weighted by molar-refractivity contribution is -0.116. The maximum atomic E-state index is 13.7. The molecule has 0 aromatic heterocycles. The summed E-state index contributed by atoms with van der Waals surface area (Å²) >= 11 is 1.39. The van der Waals surface area contributed by atoms with Crippen molar-refractivity contribution in [1.29, 1.82) is 0 Å². The molecule has 0 fully saturated rings. The van der Waals surface area contributed by atoms with Crippen molar-refractivity contribution in [3.8, 4) is 17.2 Å². The third kappa shape index (κ3) is 9.09. The molecule has 10 heteroatoms. The molecule has 0 spiro atoms. The van der Waals surface area contributed by atoms with Gasteiger partial charge in [0.15, 0.2) is 11.5 Å². The van der Waals surface area contributed by atoms with Gasteiger partial charge in [0.05, 0.1) is 21.3 Å². The molecule has 9 nitrogen and oxygen atoms in total. The predicted molar refractivity (Wildman–Crippen MR) is 193 cm³/mol. The predicted octanol–water partition coefficient (Wildman–Crippen LogP) is 7.59. The fourth-order valence-corrected chi connectivity index (χ4v) is 5.90. The highest BCUT2D eigenvalue weighted by Gasteiger charge is 2.23. The first-order chi connectivity index (χ1) is 23.9. The molecule has 49 heavy (non-hydrogen) atoms. The van der Waals surface area contributed by atoms with Crippen molar-refractivity contribution in [3.05, 3.63) is 150 Å². The lowest BCUT2D eigenvalue weighted by atomic mass is 10.1. The summed E-state index contributed by atoms with van der Waals surface area (Å²) in [6, 6.07) is 37.9. The summed E-state index contributed by atoms with van der Waals surface area (Å²) in [4.78, 5) is 41.1. The van der Waals surface area contributed by atoms with Crippen LogP contribution in [0.25, 0.3) is 6.08 Å². The molecule has 0 aliphatic rings. The molecule has 5 aromatic carbocycles. The maximum Gasteiger partial charge on any atom is 0.272 e. The number of methoxy groups -OCH3 is 3. The highest BCUT2D eigenvalue weighted by atomic mass is 32.2. The van der Waals surface area contributed by atoms with E-state index in [1.807, 2.05) is 72.8 Å². The summed E-state index contributed by atoms with van der Waals surface area (Å²) in [5.74, 6) is 0.00920. The fourth-order valence-electron chi connectivity index (χ4n) is 4.88. The van der Waals surface area contributed by atoms with E-state index >= 15 is 0 Å². The van der Waals surface area contributed by atoms with Crippen LogP contribution in [0.2, 0.25) is 0 Å². The molecule has 0 aliphatic carbocycles. The Balaban J connectivity index is 1.38. The van der Waals surface area contributed by atoms with E-state index in [2.05, 4.69) is 16.0 Å². The molecule has 3 amide bonds. The molecule has 248 valence electrons. The van der Waals surface area contributed by atoms with Gasteiger partial charge in [0, 0.05) is 21.8 Å². The van der Waals surface area contributed by atoms with E-state index in [4.69, 9.17) is 14.2 Å². The van der Waals surface area contributed by atoms with Crippen LogP contribution < -0.4 is 30.2 Å². The summed E-state index contributed by atoms with van der Waals surface area (Å²) in [7, 11) is 4.49. The van der Waals surface area contributed by atoms with E-state index in [1.54, 1.807) is 54.6 Å². The fraction of sp³-hybridized carbons (Fsp3) is 0.103. The second-order valence-corrected chi connectivity index (χ2v) is 11.8. The van der Waals surface area contributed by atoms with Gasteiger partial charge in [0.1, 0.15) is 10.9 Å². The van der Waals surface area contributed by atoms with Crippen LogP contribution in [0.5, 0.6) is 17.2 Å². The van der Waals surface area contributed by atoms with Gasteiger partial charge in [0.25, 0.3) is 11.8 Å². The average Bonchev–Trinajstić information content (AvgIpc) is 3.14. The molecule has 0 saturated carbocycles. The summed E-state index contributed by atoms with van der Waals surface area (Å²) in [6.07, 6.45) is 1.53. The van der Waals surface area contributed by atoms with Crippen LogP contribution in [0.3, 0.4) is 0 Å². The smallest absolute Gasteiger partial charge is 0.272 e. The van der Waals surface area contributed by atoms with Crippen LogP contribution in [-0.4, -0.2) is 39.1 Å². The molecular weight excluding hydrogens is 639 g/mol. The largest absolute Gasteiger partial charge is 0.493 e. The summed E-state index contributed by atoms with van der Waals surface area (Å²) < 4.78 is 16.4.